The highest BCUT2D eigenvalue weighted by atomic mass is 35.5. The second-order valence-electron chi connectivity index (χ2n) is 5.06. The van der Waals surface area contributed by atoms with Crippen LogP contribution in [0.4, 0.5) is 0 Å². The molecule has 0 N–H and O–H groups in total. The van der Waals surface area contributed by atoms with Crippen LogP contribution in [0.5, 0.6) is 5.75 Å². The van der Waals surface area contributed by atoms with E-state index in [4.69, 9.17) is 16.0 Å². The summed E-state index contributed by atoms with van der Waals surface area (Å²) >= 11 is 6.37. The SMILES string of the molecule is C=Cc1ccc(O[Si](c2ccccc2)c2ccccc2)c(Cl)c1. The summed E-state index contributed by atoms with van der Waals surface area (Å²) in [6.07, 6.45) is 1.77. The first kappa shape index (κ1) is 15.6. The van der Waals surface area contributed by atoms with Gasteiger partial charge in [0.05, 0.1) is 5.02 Å². The monoisotopic (exact) mass is 335 g/mol. The maximum absolute atomic E-state index is 6.37. The highest BCUT2D eigenvalue weighted by Crippen LogP contribution is 2.26. The van der Waals surface area contributed by atoms with Crippen LogP contribution < -0.4 is 14.8 Å². The molecule has 0 bridgehead atoms. The maximum atomic E-state index is 6.37. The zero-order chi connectivity index (χ0) is 16.1. The van der Waals surface area contributed by atoms with Crippen LogP contribution in [0.25, 0.3) is 6.08 Å². The van der Waals surface area contributed by atoms with Gasteiger partial charge in [0.15, 0.2) is 0 Å². The van der Waals surface area contributed by atoms with Gasteiger partial charge in [0.1, 0.15) is 5.75 Å². The highest BCUT2D eigenvalue weighted by Gasteiger charge is 2.22. The van der Waals surface area contributed by atoms with Crippen LogP contribution in [0, 0.1) is 0 Å². The van der Waals surface area contributed by atoms with Gasteiger partial charge in [-0.3, -0.25) is 0 Å². The minimum absolute atomic E-state index is 0.608. The molecule has 0 aliphatic rings. The number of hydrogen-bond acceptors (Lipinski definition) is 1. The highest BCUT2D eigenvalue weighted by molar-refractivity contribution is 6.80. The van der Waals surface area contributed by atoms with Gasteiger partial charge in [0, 0.05) is 0 Å². The molecule has 3 aromatic carbocycles. The smallest absolute Gasteiger partial charge is 0.352 e. The molecule has 0 fully saturated rings. The van der Waals surface area contributed by atoms with Gasteiger partial charge in [-0.1, -0.05) is 91.0 Å². The Balaban J connectivity index is 1.98. The van der Waals surface area contributed by atoms with Crippen molar-refractivity contribution in [1.82, 2.24) is 0 Å². The molecule has 1 radical (unpaired) electrons. The van der Waals surface area contributed by atoms with Gasteiger partial charge in [-0.25, -0.2) is 0 Å². The molecular formula is C20H16ClOSi. The Labute approximate surface area is 143 Å². The predicted octanol–water partition coefficient (Wildman–Crippen LogP) is 4.17. The third-order valence-corrected chi connectivity index (χ3v) is 5.91. The van der Waals surface area contributed by atoms with Crippen LogP contribution >= 0.6 is 11.6 Å². The van der Waals surface area contributed by atoms with Crippen LogP contribution in [0.2, 0.25) is 5.02 Å². The first-order valence-corrected chi connectivity index (χ1v) is 9.14. The first-order valence-electron chi connectivity index (χ1n) is 7.35. The zero-order valence-corrected chi connectivity index (χ0v) is 14.3. The normalized spacial score (nSPS) is 10.5. The lowest BCUT2D eigenvalue weighted by Crippen LogP contribution is -2.47. The van der Waals surface area contributed by atoms with E-state index in [1.807, 2.05) is 54.6 Å². The molecule has 0 spiro atoms. The van der Waals surface area contributed by atoms with Crippen molar-refractivity contribution in [3.63, 3.8) is 0 Å². The summed E-state index contributed by atoms with van der Waals surface area (Å²) < 4.78 is 6.35. The van der Waals surface area contributed by atoms with Crippen molar-refractivity contribution in [2.45, 2.75) is 0 Å². The van der Waals surface area contributed by atoms with Crippen molar-refractivity contribution in [3.8, 4) is 5.75 Å². The zero-order valence-electron chi connectivity index (χ0n) is 12.6. The second kappa shape index (κ2) is 7.31. The van der Waals surface area contributed by atoms with Crippen LogP contribution in [0.1, 0.15) is 5.56 Å². The number of hydrogen-bond donors (Lipinski definition) is 0. The van der Waals surface area contributed by atoms with E-state index in [1.165, 1.54) is 10.4 Å². The first-order chi connectivity index (χ1) is 11.3. The van der Waals surface area contributed by atoms with Crippen molar-refractivity contribution in [1.29, 1.82) is 0 Å². The van der Waals surface area contributed by atoms with Crippen LogP contribution in [0.15, 0.2) is 85.4 Å². The third kappa shape index (κ3) is 3.73. The van der Waals surface area contributed by atoms with E-state index in [0.29, 0.717) is 10.8 Å². The van der Waals surface area contributed by atoms with Gasteiger partial charge < -0.3 is 4.43 Å². The molecule has 23 heavy (non-hydrogen) atoms. The summed E-state index contributed by atoms with van der Waals surface area (Å²) in [5.74, 6) is 0.707. The van der Waals surface area contributed by atoms with E-state index in [2.05, 4.69) is 30.8 Å². The molecule has 0 amide bonds. The number of benzene rings is 3. The fourth-order valence-corrected chi connectivity index (χ4v) is 4.55. The average molecular weight is 336 g/mol. The summed E-state index contributed by atoms with van der Waals surface area (Å²) in [4.78, 5) is 0. The molecule has 0 saturated heterocycles. The van der Waals surface area contributed by atoms with Crippen molar-refractivity contribution in [3.05, 3.63) is 96.0 Å². The van der Waals surface area contributed by atoms with Gasteiger partial charge >= 0.3 is 9.04 Å². The molecule has 113 valence electrons. The number of rotatable bonds is 5. The van der Waals surface area contributed by atoms with Crippen LogP contribution in [-0.2, 0) is 0 Å². The Morgan fingerprint density at radius 3 is 1.87 bits per heavy atom. The third-order valence-electron chi connectivity index (χ3n) is 3.48. The second-order valence-corrected chi connectivity index (χ2v) is 7.48. The molecule has 0 saturated carbocycles. The standard InChI is InChI=1S/C20H16ClOSi/c1-2-16-13-14-20(19(21)15-16)22-23(17-9-5-3-6-10-17)18-11-7-4-8-12-18/h2-15H,1H2. The van der Waals surface area contributed by atoms with Crippen molar-refractivity contribution < 1.29 is 4.43 Å². The average Bonchev–Trinajstić information content (AvgIpc) is 2.62. The molecule has 1 nitrogen and oxygen atoms in total. The molecule has 3 heteroatoms. The van der Waals surface area contributed by atoms with E-state index in [9.17, 15) is 0 Å². The summed E-state index contributed by atoms with van der Waals surface area (Å²) in [6, 6.07) is 26.3. The Kier molecular flexibility index (Phi) is 4.96. The molecule has 0 heterocycles. The minimum atomic E-state index is -1.40. The fourth-order valence-electron chi connectivity index (χ4n) is 2.30. The van der Waals surface area contributed by atoms with Gasteiger partial charge in [-0.15, -0.1) is 0 Å². The molecule has 0 aliphatic heterocycles. The molecular weight excluding hydrogens is 320 g/mol. The Hall–Kier alpha value is -2.29. The van der Waals surface area contributed by atoms with Crippen LogP contribution in [0.3, 0.4) is 0 Å². The summed E-state index contributed by atoms with van der Waals surface area (Å²) in [6.45, 7) is 3.76. The molecule has 3 aromatic rings. The Morgan fingerprint density at radius 1 is 0.826 bits per heavy atom. The Bertz CT molecular complexity index is 748. The molecule has 0 unspecified atom stereocenters. The van der Waals surface area contributed by atoms with Gasteiger partial charge in [-0.2, -0.15) is 0 Å². The minimum Gasteiger partial charge on any atom is -0.532 e. The summed E-state index contributed by atoms with van der Waals surface area (Å²) in [5, 5.41) is 2.98. The summed E-state index contributed by atoms with van der Waals surface area (Å²) in [5.41, 5.74) is 0.982. The van der Waals surface area contributed by atoms with Crippen LogP contribution in [-0.4, -0.2) is 9.04 Å². The largest absolute Gasteiger partial charge is 0.532 e. The lowest BCUT2D eigenvalue weighted by atomic mass is 10.2. The quantitative estimate of drug-likeness (QED) is 0.636. The number of halogens is 1. The summed E-state index contributed by atoms with van der Waals surface area (Å²) in [7, 11) is -1.40. The van der Waals surface area contributed by atoms with Crippen molar-refractivity contribution in [2.75, 3.05) is 0 Å². The van der Waals surface area contributed by atoms with E-state index in [1.54, 1.807) is 6.08 Å². The van der Waals surface area contributed by atoms with Gasteiger partial charge in [-0.05, 0) is 28.1 Å². The molecule has 3 rings (SSSR count). The molecule has 0 atom stereocenters. The van der Waals surface area contributed by atoms with Crippen molar-refractivity contribution in [2.24, 2.45) is 0 Å². The maximum Gasteiger partial charge on any atom is 0.352 e. The molecule has 0 aliphatic carbocycles. The van der Waals surface area contributed by atoms with E-state index in [0.717, 1.165) is 5.56 Å². The van der Waals surface area contributed by atoms with Gasteiger partial charge in [0.25, 0.3) is 0 Å². The van der Waals surface area contributed by atoms with E-state index >= 15 is 0 Å². The van der Waals surface area contributed by atoms with Gasteiger partial charge in [0.2, 0.25) is 0 Å². The molecule has 0 aromatic heterocycles. The van der Waals surface area contributed by atoms with Crippen molar-refractivity contribution >= 4 is 37.1 Å². The lowest BCUT2D eigenvalue weighted by Gasteiger charge is -2.18. The fraction of sp³-hybridized carbons (Fsp3) is 0. The Morgan fingerprint density at radius 2 is 1.39 bits per heavy atom. The van der Waals surface area contributed by atoms with E-state index < -0.39 is 9.04 Å². The predicted molar refractivity (Wildman–Crippen MR) is 100 cm³/mol. The topological polar surface area (TPSA) is 9.23 Å². The van der Waals surface area contributed by atoms with E-state index in [-0.39, 0.29) is 0 Å². The lowest BCUT2D eigenvalue weighted by molar-refractivity contribution is 0.592.